The van der Waals surface area contributed by atoms with Crippen LogP contribution in [0.5, 0.6) is 5.88 Å². The molecule has 110 valence electrons. The van der Waals surface area contributed by atoms with Gasteiger partial charge in [0.2, 0.25) is 5.88 Å². The van der Waals surface area contributed by atoms with Crippen LogP contribution >= 0.6 is 0 Å². The van der Waals surface area contributed by atoms with Crippen molar-refractivity contribution in [3.8, 4) is 5.88 Å². The third-order valence-electron chi connectivity index (χ3n) is 3.26. The van der Waals surface area contributed by atoms with E-state index in [9.17, 15) is 14.7 Å². The van der Waals surface area contributed by atoms with E-state index >= 15 is 0 Å². The highest BCUT2D eigenvalue weighted by atomic mass is 16.3. The van der Waals surface area contributed by atoms with Crippen LogP contribution in [-0.2, 0) is 6.54 Å². The first-order valence-corrected chi connectivity index (χ1v) is 6.67. The van der Waals surface area contributed by atoms with Gasteiger partial charge in [-0.15, -0.1) is 0 Å². The van der Waals surface area contributed by atoms with Crippen molar-refractivity contribution >= 4 is 12.3 Å². The van der Waals surface area contributed by atoms with Crippen LogP contribution in [0.1, 0.15) is 11.1 Å². The van der Waals surface area contributed by atoms with E-state index in [0.717, 1.165) is 10.1 Å². The molecule has 2 heterocycles. The maximum atomic E-state index is 11.9. The maximum Gasteiger partial charge on any atom is 0.331 e. The number of allylic oxidation sites excluding steroid dienone is 2. The Kier molecular flexibility index (Phi) is 3.57. The smallest absolute Gasteiger partial charge is 0.331 e. The monoisotopic (exact) mass is 295 g/mol. The molecule has 22 heavy (non-hydrogen) atoms. The second-order valence-electron chi connectivity index (χ2n) is 4.77. The van der Waals surface area contributed by atoms with E-state index in [0.29, 0.717) is 5.70 Å². The van der Waals surface area contributed by atoms with Crippen molar-refractivity contribution in [1.29, 1.82) is 0 Å². The lowest BCUT2D eigenvalue weighted by molar-refractivity contribution is 0.408. The van der Waals surface area contributed by atoms with Crippen molar-refractivity contribution in [1.82, 2.24) is 9.55 Å². The Labute approximate surface area is 125 Å². The molecular weight excluding hydrogens is 282 g/mol. The highest BCUT2D eigenvalue weighted by molar-refractivity contribution is 5.79. The zero-order valence-electron chi connectivity index (χ0n) is 11.6. The van der Waals surface area contributed by atoms with Gasteiger partial charge >= 0.3 is 5.69 Å². The minimum absolute atomic E-state index is 0.00855. The normalized spacial score (nSPS) is 14.8. The summed E-state index contributed by atoms with van der Waals surface area (Å²) in [4.78, 5) is 30.1. The van der Waals surface area contributed by atoms with Gasteiger partial charge in [0.15, 0.2) is 0 Å². The number of nitrogens with zero attached hydrogens (tertiary/aromatic N) is 2. The summed E-state index contributed by atoms with van der Waals surface area (Å²) in [6.07, 6.45) is 6.44. The topological polar surface area (TPSA) is 87.5 Å². The van der Waals surface area contributed by atoms with Crippen LogP contribution in [0.25, 0.3) is 6.08 Å². The third-order valence-corrected chi connectivity index (χ3v) is 3.26. The first kappa shape index (κ1) is 13.8. The molecule has 1 aromatic carbocycles. The van der Waals surface area contributed by atoms with Gasteiger partial charge in [-0.3, -0.25) is 19.3 Å². The molecule has 2 aromatic rings. The molecule has 0 aliphatic carbocycles. The van der Waals surface area contributed by atoms with Crippen LogP contribution in [0.2, 0.25) is 0 Å². The second kappa shape index (κ2) is 5.69. The molecule has 0 radical (unpaired) electrons. The summed E-state index contributed by atoms with van der Waals surface area (Å²) in [5.41, 5.74) is 0.0815. The van der Waals surface area contributed by atoms with E-state index in [1.807, 2.05) is 30.3 Å². The van der Waals surface area contributed by atoms with Gasteiger partial charge in [-0.05, 0) is 23.8 Å². The molecule has 6 heteroatoms. The van der Waals surface area contributed by atoms with E-state index in [1.165, 1.54) is 6.08 Å². The van der Waals surface area contributed by atoms with Gasteiger partial charge in [-0.1, -0.05) is 30.3 Å². The average Bonchev–Trinajstić information content (AvgIpc) is 3.02. The van der Waals surface area contributed by atoms with E-state index in [2.05, 4.69) is 9.98 Å². The Morgan fingerprint density at radius 3 is 2.68 bits per heavy atom. The molecule has 0 saturated carbocycles. The highest BCUT2D eigenvalue weighted by Gasteiger charge is 2.13. The lowest BCUT2D eigenvalue weighted by atomic mass is 10.2. The summed E-state index contributed by atoms with van der Waals surface area (Å²) in [7, 11) is 0. The number of aromatic nitrogens is 2. The highest BCUT2D eigenvalue weighted by Crippen LogP contribution is 2.17. The van der Waals surface area contributed by atoms with Crippen molar-refractivity contribution in [3.63, 3.8) is 0 Å². The predicted octanol–water partition coefficient (Wildman–Crippen LogP) is 1.27. The number of H-pyrrole nitrogens is 1. The van der Waals surface area contributed by atoms with Crippen LogP contribution < -0.4 is 11.2 Å². The lowest BCUT2D eigenvalue weighted by Gasteiger charge is -2.10. The quantitative estimate of drug-likeness (QED) is 0.894. The zero-order valence-corrected chi connectivity index (χ0v) is 11.6. The summed E-state index contributed by atoms with van der Waals surface area (Å²) in [5.74, 6) is -0.374. The minimum Gasteiger partial charge on any atom is -0.494 e. The molecule has 1 aromatic heterocycles. The molecule has 1 aliphatic rings. The van der Waals surface area contributed by atoms with Gasteiger partial charge in [0.05, 0.1) is 12.2 Å². The summed E-state index contributed by atoms with van der Waals surface area (Å²) in [6.45, 7) is 0.164. The van der Waals surface area contributed by atoms with Gasteiger partial charge in [0.25, 0.3) is 5.56 Å². The molecule has 0 amide bonds. The number of nitrogens with one attached hydrogen (secondary N) is 1. The van der Waals surface area contributed by atoms with Crippen LogP contribution in [0, 0.1) is 0 Å². The Morgan fingerprint density at radius 2 is 2.00 bits per heavy atom. The standard InChI is InChI=1S/C16H13N3O3/c20-14-13(9-12-7-4-8-17-12)15(21)19(16(22)18-14)10-11-5-2-1-3-6-11/h1-9,21H,10H2,(H,18,20,22)/b12-9-. The lowest BCUT2D eigenvalue weighted by Crippen LogP contribution is -2.31. The maximum absolute atomic E-state index is 11.9. The molecule has 6 nitrogen and oxygen atoms in total. The zero-order chi connectivity index (χ0) is 15.5. The minimum atomic E-state index is -0.654. The number of hydrogen-bond donors (Lipinski definition) is 2. The van der Waals surface area contributed by atoms with Gasteiger partial charge in [0, 0.05) is 6.21 Å². The van der Waals surface area contributed by atoms with Gasteiger partial charge in [-0.2, -0.15) is 0 Å². The summed E-state index contributed by atoms with van der Waals surface area (Å²) in [6, 6.07) is 9.20. The van der Waals surface area contributed by atoms with Gasteiger partial charge in [0.1, 0.15) is 5.56 Å². The van der Waals surface area contributed by atoms with Gasteiger partial charge in [-0.25, -0.2) is 4.79 Å². The largest absolute Gasteiger partial charge is 0.494 e. The molecule has 0 atom stereocenters. The Morgan fingerprint density at radius 1 is 1.23 bits per heavy atom. The van der Waals surface area contributed by atoms with Crippen molar-refractivity contribution < 1.29 is 5.11 Å². The number of benzene rings is 1. The Hall–Kier alpha value is -3.15. The molecule has 0 fully saturated rings. The fourth-order valence-corrected chi connectivity index (χ4v) is 2.16. The summed E-state index contributed by atoms with van der Waals surface area (Å²) in [5, 5.41) is 10.3. The van der Waals surface area contributed by atoms with Crippen molar-refractivity contribution in [2.45, 2.75) is 6.54 Å². The Bertz CT molecular complexity index is 888. The number of rotatable bonds is 3. The number of aliphatic imine (C=N–C) groups is 1. The summed E-state index contributed by atoms with van der Waals surface area (Å²) >= 11 is 0. The first-order valence-electron chi connectivity index (χ1n) is 6.67. The van der Waals surface area contributed by atoms with Crippen molar-refractivity contribution in [2.24, 2.45) is 4.99 Å². The Balaban J connectivity index is 2.09. The molecule has 0 unspecified atom stereocenters. The van der Waals surface area contributed by atoms with Gasteiger partial charge < -0.3 is 5.11 Å². The van der Waals surface area contributed by atoms with E-state index in [1.54, 1.807) is 18.4 Å². The van der Waals surface area contributed by atoms with Crippen LogP contribution in [0.4, 0.5) is 0 Å². The first-order chi connectivity index (χ1) is 10.6. The fourth-order valence-electron chi connectivity index (χ4n) is 2.16. The molecule has 0 bridgehead atoms. The fraction of sp³-hybridized carbons (Fsp3) is 0.0625. The number of aromatic amines is 1. The van der Waals surface area contributed by atoms with E-state index in [-0.39, 0.29) is 18.0 Å². The van der Waals surface area contributed by atoms with E-state index < -0.39 is 11.2 Å². The number of hydrogen-bond acceptors (Lipinski definition) is 4. The molecule has 0 saturated heterocycles. The average molecular weight is 295 g/mol. The molecular formula is C16H13N3O3. The third kappa shape index (κ3) is 2.67. The van der Waals surface area contributed by atoms with Crippen molar-refractivity contribution in [2.75, 3.05) is 0 Å². The molecule has 0 spiro atoms. The molecule has 1 aliphatic heterocycles. The van der Waals surface area contributed by atoms with Crippen LogP contribution in [0.3, 0.4) is 0 Å². The van der Waals surface area contributed by atoms with E-state index in [4.69, 9.17) is 0 Å². The summed E-state index contributed by atoms with van der Waals surface area (Å²) < 4.78 is 1.12. The number of aromatic hydroxyl groups is 1. The molecule has 3 rings (SSSR count). The second-order valence-corrected chi connectivity index (χ2v) is 4.77. The van der Waals surface area contributed by atoms with Crippen LogP contribution in [-0.4, -0.2) is 20.9 Å². The molecule has 2 N–H and O–H groups in total. The van der Waals surface area contributed by atoms with Crippen LogP contribution in [0.15, 0.2) is 62.8 Å². The van der Waals surface area contributed by atoms with Crippen molar-refractivity contribution in [3.05, 3.63) is 80.1 Å². The SMILES string of the molecule is O=c1[nH]c(=O)n(Cc2ccccc2)c(O)c1/C=C1/C=CC=N1. The predicted molar refractivity (Wildman–Crippen MR) is 84.1 cm³/mol.